The van der Waals surface area contributed by atoms with Gasteiger partial charge in [-0.05, 0) is 61.8 Å². The highest BCUT2D eigenvalue weighted by Crippen LogP contribution is 2.24. The summed E-state index contributed by atoms with van der Waals surface area (Å²) in [7, 11) is 0. The lowest BCUT2D eigenvalue weighted by Crippen LogP contribution is -2.33. The molecule has 0 aromatic heterocycles. The molecule has 0 bridgehead atoms. The van der Waals surface area contributed by atoms with Gasteiger partial charge in [0.2, 0.25) is 0 Å². The molecular formula is C20H32N2. The van der Waals surface area contributed by atoms with Crippen molar-refractivity contribution in [3.63, 3.8) is 0 Å². The second-order valence-electron chi connectivity index (χ2n) is 7.56. The summed E-state index contributed by atoms with van der Waals surface area (Å²) in [6, 6.07) is 9.15. The first-order valence-electron chi connectivity index (χ1n) is 9.35. The highest BCUT2D eigenvalue weighted by molar-refractivity contribution is 5.44. The van der Waals surface area contributed by atoms with E-state index in [0.717, 1.165) is 24.9 Å². The van der Waals surface area contributed by atoms with Crippen molar-refractivity contribution < 1.29 is 0 Å². The van der Waals surface area contributed by atoms with Crippen LogP contribution in [-0.4, -0.2) is 24.5 Å². The Hall–Kier alpha value is -1.02. The van der Waals surface area contributed by atoms with Crippen molar-refractivity contribution in [3.8, 4) is 0 Å². The smallest absolute Gasteiger partial charge is 0.0340 e. The van der Waals surface area contributed by atoms with Crippen molar-refractivity contribution in [2.75, 3.05) is 25.0 Å². The second kappa shape index (κ2) is 8.01. The summed E-state index contributed by atoms with van der Waals surface area (Å²) >= 11 is 0. The van der Waals surface area contributed by atoms with Gasteiger partial charge in [0.25, 0.3) is 0 Å². The van der Waals surface area contributed by atoms with Crippen LogP contribution in [0.1, 0.15) is 57.4 Å². The van der Waals surface area contributed by atoms with E-state index >= 15 is 0 Å². The van der Waals surface area contributed by atoms with Crippen LogP contribution in [-0.2, 0) is 6.54 Å². The Morgan fingerprint density at radius 1 is 1.00 bits per heavy atom. The van der Waals surface area contributed by atoms with Crippen molar-refractivity contribution in [1.29, 1.82) is 0 Å². The first-order valence-corrected chi connectivity index (χ1v) is 9.35. The number of rotatable bonds is 5. The minimum Gasteiger partial charge on any atom is -0.385 e. The molecule has 122 valence electrons. The summed E-state index contributed by atoms with van der Waals surface area (Å²) in [4.78, 5) is 2.61. The quantitative estimate of drug-likeness (QED) is 0.831. The molecule has 1 heterocycles. The van der Waals surface area contributed by atoms with Gasteiger partial charge in [0.05, 0.1) is 0 Å². The van der Waals surface area contributed by atoms with E-state index in [1.54, 1.807) is 0 Å². The van der Waals surface area contributed by atoms with E-state index in [1.807, 2.05) is 0 Å². The lowest BCUT2D eigenvalue weighted by atomic mass is 9.89. The van der Waals surface area contributed by atoms with Gasteiger partial charge in [-0.2, -0.15) is 0 Å². The van der Waals surface area contributed by atoms with Gasteiger partial charge < -0.3 is 5.32 Å². The van der Waals surface area contributed by atoms with Crippen molar-refractivity contribution in [1.82, 2.24) is 4.90 Å². The molecule has 1 aliphatic carbocycles. The molecule has 1 unspecified atom stereocenters. The minimum atomic E-state index is 0.866. The summed E-state index contributed by atoms with van der Waals surface area (Å²) < 4.78 is 0. The molecule has 3 rings (SSSR count). The molecule has 2 heteroatoms. The number of nitrogens with one attached hydrogen (secondary N) is 1. The van der Waals surface area contributed by atoms with Gasteiger partial charge in [0.15, 0.2) is 0 Å². The number of nitrogens with zero attached hydrogens (tertiary/aromatic N) is 1. The zero-order valence-corrected chi connectivity index (χ0v) is 14.2. The van der Waals surface area contributed by atoms with E-state index in [-0.39, 0.29) is 0 Å². The van der Waals surface area contributed by atoms with Gasteiger partial charge in [-0.1, -0.05) is 38.3 Å². The number of piperidine rings is 1. The summed E-state index contributed by atoms with van der Waals surface area (Å²) in [5.74, 6) is 1.76. The topological polar surface area (TPSA) is 15.3 Å². The molecule has 1 aromatic rings. The average molecular weight is 300 g/mol. The second-order valence-corrected chi connectivity index (χ2v) is 7.56. The van der Waals surface area contributed by atoms with Gasteiger partial charge in [-0.15, -0.1) is 0 Å². The van der Waals surface area contributed by atoms with E-state index in [4.69, 9.17) is 0 Å². The minimum absolute atomic E-state index is 0.866. The van der Waals surface area contributed by atoms with E-state index < -0.39 is 0 Å². The van der Waals surface area contributed by atoms with Crippen LogP contribution in [0, 0.1) is 11.8 Å². The highest BCUT2D eigenvalue weighted by Gasteiger charge is 2.16. The van der Waals surface area contributed by atoms with Crippen LogP contribution >= 0.6 is 0 Å². The predicted molar refractivity (Wildman–Crippen MR) is 95.2 cm³/mol. The standard InChI is InChI=1S/C20H32N2/c1-17-6-5-13-22(15-17)16-19-9-11-20(12-10-19)21-14-18-7-3-2-4-8-18/h9-12,17-18,21H,2-8,13-16H2,1H3. The normalized spacial score (nSPS) is 24.3. The number of hydrogen-bond donors (Lipinski definition) is 1. The fourth-order valence-electron chi connectivity index (χ4n) is 4.07. The Morgan fingerprint density at radius 3 is 2.50 bits per heavy atom. The Bertz CT molecular complexity index is 434. The fourth-order valence-corrected chi connectivity index (χ4v) is 4.07. The average Bonchev–Trinajstić information content (AvgIpc) is 2.55. The van der Waals surface area contributed by atoms with Gasteiger partial charge in [0, 0.05) is 25.3 Å². The largest absolute Gasteiger partial charge is 0.385 e. The molecular weight excluding hydrogens is 268 g/mol. The summed E-state index contributed by atoms with van der Waals surface area (Å²) in [5, 5.41) is 3.64. The van der Waals surface area contributed by atoms with Crippen LogP contribution in [0.25, 0.3) is 0 Å². The molecule has 0 amide bonds. The Labute approximate surface area is 136 Å². The van der Waals surface area contributed by atoms with Crippen molar-refractivity contribution >= 4 is 5.69 Å². The first kappa shape index (κ1) is 15.9. The van der Waals surface area contributed by atoms with Gasteiger partial charge in [0.1, 0.15) is 0 Å². The van der Waals surface area contributed by atoms with Crippen LogP contribution in [0.4, 0.5) is 5.69 Å². The Morgan fingerprint density at radius 2 is 1.77 bits per heavy atom. The van der Waals surface area contributed by atoms with Crippen molar-refractivity contribution in [3.05, 3.63) is 29.8 Å². The summed E-state index contributed by atoms with van der Waals surface area (Å²) in [5.41, 5.74) is 2.75. The molecule has 2 aliphatic rings. The fraction of sp³-hybridized carbons (Fsp3) is 0.700. The number of anilines is 1. The van der Waals surface area contributed by atoms with Crippen LogP contribution in [0.2, 0.25) is 0 Å². The van der Waals surface area contributed by atoms with Gasteiger partial charge in [-0.3, -0.25) is 4.90 Å². The predicted octanol–water partition coefficient (Wildman–Crippen LogP) is 4.91. The molecule has 1 atom stereocenters. The zero-order chi connectivity index (χ0) is 15.2. The first-order chi connectivity index (χ1) is 10.8. The lowest BCUT2D eigenvalue weighted by Gasteiger charge is -2.30. The molecule has 1 saturated carbocycles. The lowest BCUT2D eigenvalue weighted by molar-refractivity contribution is 0.176. The van der Waals surface area contributed by atoms with Crippen LogP contribution in [0.15, 0.2) is 24.3 Å². The molecule has 1 aliphatic heterocycles. The van der Waals surface area contributed by atoms with E-state index in [2.05, 4.69) is 41.4 Å². The van der Waals surface area contributed by atoms with E-state index in [1.165, 1.54) is 69.3 Å². The van der Waals surface area contributed by atoms with Crippen molar-refractivity contribution in [2.45, 2.75) is 58.4 Å². The highest BCUT2D eigenvalue weighted by atomic mass is 15.1. The molecule has 22 heavy (non-hydrogen) atoms. The van der Waals surface area contributed by atoms with E-state index in [0.29, 0.717) is 0 Å². The maximum atomic E-state index is 3.64. The number of hydrogen-bond acceptors (Lipinski definition) is 2. The molecule has 1 aromatic carbocycles. The number of likely N-dealkylation sites (tertiary alicyclic amines) is 1. The molecule has 2 nitrogen and oxygen atoms in total. The molecule has 1 N–H and O–H groups in total. The third-order valence-corrected chi connectivity index (χ3v) is 5.42. The molecule has 1 saturated heterocycles. The van der Waals surface area contributed by atoms with Crippen molar-refractivity contribution in [2.24, 2.45) is 11.8 Å². The monoisotopic (exact) mass is 300 g/mol. The van der Waals surface area contributed by atoms with Crippen LogP contribution < -0.4 is 5.32 Å². The SMILES string of the molecule is CC1CCCN(Cc2ccc(NCC3CCCCC3)cc2)C1. The van der Waals surface area contributed by atoms with Gasteiger partial charge >= 0.3 is 0 Å². The third-order valence-electron chi connectivity index (χ3n) is 5.42. The maximum Gasteiger partial charge on any atom is 0.0340 e. The third kappa shape index (κ3) is 4.74. The molecule has 2 fully saturated rings. The summed E-state index contributed by atoms with van der Waals surface area (Å²) in [6.45, 7) is 7.19. The Kier molecular flexibility index (Phi) is 5.77. The summed E-state index contributed by atoms with van der Waals surface area (Å²) in [6.07, 6.45) is 9.90. The van der Waals surface area contributed by atoms with Crippen LogP contribution in [0.5, 0.6) is 0 Å². The van der Waals surface area contributed by atoms with Gasteiger partial charge in [-0.25, -0.2) is 0 Å². The molecule has 0 radical (unpaired) electrons. The van der Waals surface area contributed by atoms with E-state index in [9.17, 15) is 0 Å². The maximum absolute atomic E-state index is 3.64. The Balaban J connectivity index is 1.45. The zero-order valence-electron chi connectivity index (χ0n) is 14.2. The number of benzene rings is 1. The van der Waals surface area contributed by atoms with Crippen LogP contribution in [0.3, 0.4) is 0 Å². The molecule has 0 spiro atoms.